The van der Waals surface area contributed by atoms with Gasteiger partial charge in [0.15, 0.2) is 5.75 Å². The van der Waals surface area contributed by atoms with Crippen LogP contribution in [0.15, 0.2) is 54.9 Å². The Hall–Kier alpha value is -4.15. The van der Waals surface area contributed by atoms with Crippen LogP contribution in [-0.4, -0.2) is 50.9 Å². The molecule has 4 aromatic rings. The van der Waals surface area contributed by atoms with E-state index in [1.165, 1.54) is 42.6 Å². The van der Waals surface area contributed by atoms with Crippen LogP contribution in [0.5, 0.6) is 5.75 Å². The lowest BCUT2D eigenvalue weighted by molar-refractivity contribution is -0.143. The number of hydrogen-bond donors (Lipinski definition) is 0. The van der Waals surface area contributed by atoms with Gasteiger partial charge in [-0.2, -0.15) is 39.5 Å². The molecule has 7 nitrogen and oxygen atoms in total. The van der Waals surface area contributed by atoms with Crippen molar-refractivity contribution in [1.82, 2.24) is 15.0 Å². The average molecular weight is 776 g/mol. The van der Waals surface area contributed by atoms with E-state index in [1.54, 1.807) is 0 Å². The first-order valence-electron chi connectivity index (χ1n) is 16.9. The zero-order valence-corrected chi connectivity index (χ0v) is 29.9. The third-order valence-electron chi connectivity index (χ3n) is 9.24. The second kappa shape index (κ2) is 16.1. The van der Waals surface area contributed by atoms with Crippen molar-refractivity contribution >= 4 is 33.5 Å². The molecule has 53 heavy (non-hydrogen) atoms. The standard InChI is InChI=1S/C36H38F9N5O2S/c1-4-49(20-23-7-5-6-8-23)32-26(13-25-16-27(34(37,38)39)9-10-31(25)48-32)21-50(33-46-18-30(19-47-33)52-11-12-53(3)51)22(2)24-14-28(35(40,41)42)17-29(15-24)36(43,44)45/h9-10,13-19,22-23H,4-8,11-12,20-21H2,1-3H3. The molecule has 0 bridgehead atoms. The zero-order valence-electron chi connectivity index (χ0n) is 29.1. The van der Waals surface area contributed by atoms with Crippen LogP contribution in [-0.2, 0) is 35.9 Å². The van der Waals surface area contributed by atoms with Gasteiger partial charge in [0, 0.05) is 41.1 Å². The Kier molecular flexibility index (Phi) is 12.1. The molecule has 0 spiro atoms. The number of hydrogen-bond acceptors (Lipinski definition) is 7. The Morgan fingerprint density at radius 3 is 2.02 bits per heavy atom. The fraction of sp³-hybridized carbons (Fsp3) is 0.472. The lowest BCUT2D eigenvalue weighted by Crippen LogP contribution is -2.33. The van der Waals surface area contributed by atoms with Gasteiger partial charge in [-0.15, -0.1) is 0 Å². The molecule has 0 saturated heterocycles. The van der Waals surface area contributed by atoms with Gasteiger partial charge in [0.2, 0.25) is 5.95 Å². The lowest BCUT2D eigenvalue weighted by atomic mass is 9.98. The van der Waals surface area contributed by atoms with Crippen molar-refractivity contribution in [2.24, 2.45) is 5.92 Å². The van der Waals surface area contributed by atoms with Crippen molar-refractivity contribution in [2.45, 2.75) is 70.6 Å². The van der Waals surface area contributed by atoms with Gasteiger partial charge in [-0.05, 0) is 80.6 Å². The molecule has 1 aliphatic carbocycles. The smallest absolute Gasteiger partial charge is 0.416 e. The maximum Gasteiger partial charge on any atom is 0.416 e. The van der Waals surface area contributed by atoms with E-state index < -0.39 is 52.1 Å². The first-order chi connectivity index (χ1) is 24.8. The van der Waals surface area contributed by atoms with Crippen LogP contribution in [0.2, 0.25) is 0 Å². The Morgan fingerprint density at radius 1 is 0.868 bits per heavy atom. The van der Waals surface area contributed by atoms with Crippen molar-refractivity contribution < 1.29 is 48.5 Å². The highest BCUT2D eigenvalue weighted by Gasteiger charge is 2.38. The summed E-state index contributed by atoms with van der Waals surface area (Å²) in [4.78, 5) is 16.8. The minimum absolute atomic E-state index is 0.0399. The monoisotopic (exact) mass is 775 g/mol. The van der Waals surface area contributed by atoms with E-state index in [-0.39, 0.29) is 53.1 Å². The molecule has 0 amide bonds. The second-order valence-corrected chi connectivity index (χ2v) is 14.6. The minimum Gasteiger partial charge on any atom is -0.489 e. The third-order valence-corrected chi connectivity index (χ3v) is 9.99. The molecular formula is C36H38F9N5O2S. The van der Waals surface area contributed by atoms with E-state index in [2.05, 4.69) is 9.97 Å². The molecule has 2 heterocycles. The summed E-state index contributed by atoms with van der Waals surface area (Å²) < 4.78 is 142. The number of alkyl halides is 9. The van der Waals surface area contributed by atoms with Crippen molar-refractivity contribution in [3.63, 3.8) is 0 Å². The fourth-order valence-electron chi connectivity index (χ4n) is 6.42. The van der Waals surface area contributed by atoms with Crippen molar-refractivity contribution in [3.8, 4) is 5.75 Å². The van der Waals surface area contributed by atoms with Crippen LogP contribution in [0.25, 0.3) is 10.9 Å². The van der Waals surface area contributed by atoms with Crippen molar-refractivity contribution in [2.75, 3.05) is 41.5 Å². The first kappa shape index (κ1) is 40.0. The number of halogens is 9. The van der Waals surface area contributed by atoms with Gasteiger partial charge >= 0.3 is 18.5 Å². The number of ether oxygens (including phenoxy) is 1. The van der Waals surface area contributed by atoms with Gasteiger partial charge in [0.25, 0.3) is 0 Å². The molecule has 1 aliphatic rings. The van der Waals surface area contributed by atoms with Crippen LogP contribution in [0.1, 0.15) is 73.4 Å². The van der Waals surface area contributed by atoms with Gasteiger partial charge in [-0.1, -0.05) is 12.8 Å². The summed E-state index contributed by atoms with van der Waals surface area (Å²) in [5.41, 5.74) is -3.64. The number of anilines is 2. The maximum atomic E-state index is 13.9. The van der Waals surface area contributed by atoms with Gasteiger partial charge in [-0.25, -0.2) is 15.0 Å². The summed E-state index contributed by atoms with van der Waals surface area (Å²) >= 11 is 0. The molecule has 0 radical (unpaired) electrons. The van der Waals surface area contributed by atoms with E-state index in [9.17, 15) is 43.7 Å². The summed E-state index contributed by atoms with van der Waals surface area (Å²) in [5.74, 6) is 1.02. The number of benzene rings is 2. The van der Waals surface area contributed by atoms with E-state index in [1.807, 2.05) is 11.8 Å². The molecule has 2 aromatic heterocycles. The van der Waals surface area contributed by atoms with Crippen LogP contribution in [0, 0.1) is 5.92 Å². The van der Waals surface area contributed by atoms with E-state index in [0.717, 1.165) is 37.8 Å². The molecule has 2 unspecified atom stereocenters. The quantitative estimate of drug-likeness (QED) is 0.125. The second-order valence-electron chi connectivity index (χ2n) is 13.1. The SMILES string of the molecule is CCN(CC1CCCC1)c1nc2ccc(C(F)(F)F)cc2cc1CN(c1ncc(OCCS(C)=O)cn1)C(C)c1cc(C(F)(F)F)cc(C(F)(F)F)c1. The molecule has 17 heteroatoms. The summed E-state index contributed by atoms with van der Waals surface area (Å²) in [6.07, 6.45) is -6.79. The summed E-state index contributed by atoms with van der Waals surface area (Å²) in [6.45, 7) is 4.15. The lowest BCUT2D eigenvalue weighted by Gasteiger charge is -2.33. The van der Waals surface area contributed by atoms with Crippen LogP contribution >= 0.6 is 0 Å². The van der Waals surface area contributed by atoms with Crippen LogP contribution < -0.4 is 14.5 Å². The number of nitrogens with zero attached hydrogens (tertiary/aromatic N) is 5. The number of rotatable bonds is 13. The predicted molar refractivity (Wildman–Crippen MR) is 184 cm³/mol. The third kappa shape index (κ3) is 10.1. The minimum atomic E-state index is -5.11. The van der Waals surface area contributed by atoms with Gasteiger partial charge in [0.1, 0.15) is 5.82 Å². The normalized spacial score (nSPS) is 15.5. The number of pyridine rings is 1. The molecule has 288 valence electrons. The summed E-state index contributed by atoms with van der Waals surface area (Å²) in [6, 6.07) is 4.73. The average Bonchev–Trinajstić information content (AvgIpc) is 3.61. The molecule has 1 fully saturated rings. The fourth-order valence-corrected chi connectivity index (χ4v) is 6.74. The molecule has 5 rings (SSSR count). The number of aromatic nitrogens is 3. The van der Waals surface area contributed by atoms with E-state index in [0.29, 0.717) is 42.5 Å². The van der Waals surface area contributed by atoms with E-state index in [4.69, 9.17) is 9.72 Å². The molecule has 2 aromatic carbocycles. The van der Waals surface area contributed by atoms with Crippen LogP contribution in [0.3, 0.4) is 0 Å². The largest absolute Gasteiger partial charge is 0.489 e. The first-order valence-corrected chi connectivity index (χ1v) is 18.6. The molecular weight excluding hydrogens is 737 g/mol. The number of fused-ring (bicyclic) bond motifs is 1. The molecule has 0 N–H and O–H groups in total. The molecule has 1 saturated carbocycles. The molecule has 2 atom stereocenters. The van der Waals surface area contributed by atoms with E-state index >= 15 is 0 Å². The Bertz CT molecular complexity index is 1860. The van der Waals surface area contributed by atoms with Gasteiger partial charge in [0.05, 0.1) is 59.5 Å². The Labute approximate surface area is 303 Å². The highest BCUT2D eigenvalue weighted by molar-refractivity contribution is 7.84. The Morgan fingerprint density at radius 2 is 1.47 bits per heavy atom. The van der Waals surface area contributed by atoms with Gasteiger partial charge in [-0.3, -0.25) is 4.21 Å². The summed E-state index contributed by atoms with van der Waals surface area (Å²) in [7, 11) is -1.15. The highest BCUT2D eigenvalue weighted by Crippen LogP contribution is 2.40. The van der Waals surface area contributed by atoms with Gasteiger partial charge < -0.3 is 14.5 Å². The van der Waals surface area contributed by atoms with Crippen molar-refractivity contribution in [3.05, 3.63) is 82.7 Å². The topological polar surface area (TPSA) is 71.5 Å². The predicted octanol–water partition coefficient (Wildman–Crippen LogP) is 9.62. The molecule has 0 aliphatic heterocycles. The van der Waals surface area contributed by atoms with Crippen LogP contribution in [0.4, 0.5) is 51.3 Å². The zero-order chi connectivity index (χ0) is 38.7. The Balaban J connectivity index is 1.66. The maximum absolute atomic E-state index is 13.9. The summed E-state index contributed by atoms with van der Waals surface area (Å²) in [5, 5.41) is 0.138. The van der Waals surface area contributed by atoms with Crippen molar-refractivity contribution in [1.29, 1.82) is 0 Å². The highest BCUT2D eigenvalue weighted by atomic mass is 32.2.